The van der Waals surface area contributed by atoms with Crippen molar-refractivity contribution in [3.8, 4) is 0 Å². The Morgan fingerprint density at radius 2 is 1.90 bits per heavy atom. The third-order valence-corrected chi connectivity index (χ3v) is 4.13. The SMILES string of the molecule is CC(N)CCCNS(=O)(=O)c1ccccc1C(F)(F)F. The lowest BCUT2D eigenvalue weighted by molar-refractivity contribution is -0.139. The Morgan fingerprint density at radius 3 is 2.45 bits per heavy atom. The average molecular weight is 310 g/mol. The molecule has 0 bridgehead atoms. The Morgan fingerprint density at radius 1 is 1.30 bits per heavy atom. The molecular weight excluding hydrogens is 293 g/mol. The number of rotatable bonds is 6. The standard InChI is InChI=1S/C12H17F3N2O2S/c1-9(16)5-4-8-17-20(18,19)11-7-3-2-6-10(11)12(13,14)15/h2-3,6-7,9,17H,4-5,8,16H2,1H3. The monoisotopic (exact) mass is 310 g/mol. The van der Waals surface area contributed by atoms with Crippen LogP contribution in [0.25, 0.3) is 0 Å². The lowest BCUT2D eigenvalue weighted by Gasteiger charge is -2.13. The highest BCUT2D eigenvalue weighted by Gasteiger charge is 2.36. The molecule has 0 radical (unpaired) electrons. The second-order valence-corrected chi connectivity index (χ2v) is 6.25. The van der Waals surface area contributed by atoms with Gasteiger partial charge < -0.3 is 5.73 Å². The van der Waals surface area contributed by atoms with Gasteiger partial charge in [0.1, 0.15) is 0 Å². The van der Waals surface area contributed by atoms with Crippen molar-refractivity contribution in [1.29, 1.82) is 0 Å². The molecule has 0 saturated heterocycles. The molecule has 1 aromatic rings. The minimum atomic E-state index is -4.71. The molecule has 1 aromatic carbocycles. The quantitative estimate of drug-likeness (QED) is 0.791. The van der Waals surface area contributed by atoms with Gasteiger partial charge in [-0.1, -0.05) is 12.1 Å². The lowest BCUT2D eigenvalue weighted by Crippen LogP contribution is -2.28. The minimum Gasteiger partial charge on any atom is -0.328 e. The summed E-state index contributed by atoms with van der Waals surface area (Å²) in [7, 11) is -4.18. The van der Waals surface area contributed by atoms with E-state index in [0.717, 1.165) is 18.2 Å². The van der Waals surface area contributed by atoms with Crippen LogP contribution >= 0.6 is 0 Å². The van der Waals surface area contributed by atoms with Crippen LogP contribution < -0.4 is 10.5 Å². The summed E-state index contributed by atoms with van der Waals surface area (Å²) in [6, 6.07) is 4.01. The molecule has 1 atom stereocenters. The predicted octanol–water partition coefficient (Wildman–Crippen LogP) is 2.11. The molecule has 3 N–H and O–H groups in total. The smallest absolute Gasteiger partial charge is 0.328 e. The molecule has 0 aliphatic carbocycles. The first-order chi connectivity index (χ1) is 9.14. The van der Waals surface area contributed by atoms with Gasteiger partial charge in [-0.2, -0.15) is 13.2 Å². The van der Waals surface area contributed by atoms with E-state index in [9.17, 15) is 21.6 Å². The van der Waals surface area contributed by atoms with Gasteiger partial charge in [-0.25, -0.2) is 13.1 Å². The van der Waals surface area contributed by atoms with Crippen molar-refractivity contribution in [2.24, 2.45) is 5.73 Å². The van der Waals surface area contributed by atoms with Crippen molar-refractivity contribution in [3.05, 3.63) is 29.8 Å². The summed E-state index contributed by atoms with van der Waals surface area (Å²) in [4.78, 5) is -0.756. The van der Waals surface area contributed by atoms with Crippen molar-refractivity contribution < 1.29 is 21.6 Å². The first kappa shape index (κ1) is 16.9. The van der Waals surface area contributed by atoms with Gasteiger partial charge in [0.05, 0.1) is 10.5 Å². The summed E-state index contributed by atoms with van der Waals surface area (Å²) in [6.45, 7) is 1.82. The molecule has 1 unspecified atom stereocenters. The highest BCUT2D eigenvalue weighted by Crippen LogP contribution is 2.33. The van der Waals surface area contributed by atoms with Crippen LogP contribution in [0, 0.1) is 0 Å². The third-order valence-electron chi connectivity index (χ3n) is 2.61. The zero-order valence-corrected chi connectivity index (χ0v) is 11.8. The number of nitrogens with one attached hydrogen (secondary N) is 1. The molecule has 0 heterocycles. The van der Waals surface area contributed by atoms with Gasteiger partial charge >= 0.3 is 6.18 Å². The summed E-state index contributed by atoms with van der Waals surface area (Å²) >= 11 is 0. The molecule has 8 heteroatoms. The molecule has 20 heavy (non-hydrogen) atoms. The van der Waals surface area contributed by atoms with Gasteiger partial charge in [0.15, 0.2) is 0 Å². The van der Waals surface area contributed by atoms with Crippen molar-refractivity contribution in [2.45, 2.75) is 36.9 Å². The number of hydrogen-bond donors (Lipinski definition) is 2. The van der Waals surface area contributed by atoms with Gasteiger partial charge in [0.25, 0.3) is 0 Å². The molecule has 0 spiro atoms. The van der Waals surface area contributed by atoms with Crippen molar-refractivity contribution in [3.63, 3.8) is 0 Å². The van der Waals surface area contributed by atoms with E-state index in [4.69, 9.17) is 5.73 Å². The fraction of sp³-hybridized carbons (Fsp3) is 0.500. The Hall–Kier alpha value is -1.12. The van der Waals surface area contributed by atoms with E-state index >= 15 is 0 Å². The first-order valence-electron chi connectivity index (χ1n) is 6.06. The van der Waals surface area contributed by atoms with Crippen LogP contribution in [0.5, 0.6) is 0 Å². The van der Waals surface area contributed by atoms with E-state index < -0.39 is 26.7 Å². The Bertz CT molecular complexity index is 542. The molecule has 1 rings (SSSR count). The van der Waals surface area contributed by atoms with Gasteiger partial charge in [-0.3, -0.25) is 0 Å². The molecule has 0 aliphatic rings. The fourth-order valence-corrected chi connectivity index (χ4v) is 2.94. The molecule has 0 saturated carbocycles. The molecule has 0 aliphatic heterocycles. The van der Waals surface area contributed by atoms with Crippen LogP contribution in [-0.4, -0.2) is 21.0 Å². The number of alkyl halides is 3. The summed E-state index contributed by atoms with van der Waals surface area (Å²) < 4.78 is 64.3. The normalized spacial score (nSPS) is 14.2. The summed E-state index contributed by atoms with van der Waals surface area (Å²) in [5.41, 5.74) is 4.34. The molecule has 0 aromatic heterocycles. The molecule has 0 fully saturated rings. The van der Waals surface area contributed by atoms with E-state index in [0.29, 0.717) is 12.8 Å². The topological polar surface area (TPSA) is 72.2 Å². The van der Waals surface area contributed by atoms with E-state index in [2.05, 4.69) is 4.72 Å². The molecule has 4 nitrogen and oxygen atoms in total. The Kier molecular flexibility index (Phi) is 5.55. The minimum absolute atomic E-state index is 0.0517. The maximum atomic E-state index is 12.8. The second-order valence-electron chi connectivity index (χ2n) is 4.51. The molecule has 0 amide bonds. The van der Waals surface area contributed by atoms with Crippen LogP contribution in [-0.2, 0) is 16.2 Å². The van der Waals surface area contributed by atoms with E-state index in [1.54, 1.807) is 6.92 Å². The summed E-state index contributed by atoms with van der Waals surface area (Å²) in [6.07, 6.45) is -3.66. The Balaban J connectivity index is 2.88. The number of hydrogen-bond acceptors (Lipinski definition) is 3. The van der Waals surface area contributed by atoms with Crippen molar-refractivity contribution in [1.82, 2.24) is 4.72 Å². The van der Waals surface area contributed by atoms with Crippen molar-refractivity contribution >= 4 is 10.0 Å². The maximum absolute atomic E-state index is 12.8. The molecular formula is C12H17F3N2O2S. The van der Waals surface area contributed by atoms with Crippen LogP contribution in [0.4, 0.5) is 13.2 Å². The van der Waals surface area contributed by atoms with Crippen LogP contribution in [0.15, 0.2) is 29.2 Å². The van der Waals surface area contributed by atoms with Crippen LogP contribution in [0.3, 0.4) is 0 Å². The molecule has 114 valence electrons. The van der Waals surface area contributed by atoms with E-state index in [1.807, 2.05) is 0 Å². The first-order valence-corrected chi connectivity index (χ1v) is 7.54. The van der Waals surface area contributed by atoms with Gasteiger partial charge in [-0.15, -0.1) is 0 Å². The van der Waals surface area contributed by atoms with E-state index in [1.165, 1.54) is 6.07 Å². The predicted molar refractivity (Wildman–Crippen MR) is 69.5 cm³/mol. The second kappa shape index (κ2) is 6.55. The van der Waals surface area contributed by atoms with E-state index in [-0.39, 0.29) is 12.6 Å². The Labute approximate surface area is 116 Å². The van der Waals surface area contributed by atoms with Gasteiger partial charge in [0.2, 0.25) is 10.0 Å². The average Bonchev–Trinajstić information content (AvgIpc) is 2.33. The number of benzene rings is 1. The largest absolute Gasteiger partial charge is 0.417 e. The zero-order valence-electron chi connectivity index (χ0n) is 10.9. The summed E-state index contributed by atoms with van der Waals surface area (Å²) in [5, 5.41) is 0. The van der Waals surface area contributed by atoms with Gasteiger partial charge in [-0.05, 0) is 31.9 Å². The third kappa shape index (κ3) is 4.77. The summed E-state index contributed by atoms with van der Waals surface area (Å²) in [5.74, 6) is 0. The van der Waals surface area contributed by atoms with Crippen LogP contribution in [0.2, 0.25) is 0 Å². The zero-order chi connectivity index (χ0) is 15.4. The number of sulfonamides is 1. The lowest BCUT2D eigenvalue weighted by atomic mass is 10.2. The fourth-order valence-electron chi connectivity index (χ4n) is 1.64. The van der Waals surface area contributed by atoms with Gasteiger partial charge in [0, 0.05) is 12.6 Å². The van der Waals surface area contributed by atoms with Crippen LogP contribution in [0.1, 0.15) is 25.3 Å². The number of halogens is 3. The number of nitrogens with two attached hydrogens (primary N) is 1. The van der Waals surface area contributed by atoms with Crippen molar-refractivity contribution in [2.75, 3.05) is 6.54 Å². The maximum Gasteiger partial charge on any atom is 0.417 e. The highest BCUT2D eigenvalue weighted by molar-refractivity contribution is 7.89. The highest BCUT2D eigenvalue weighted by atomic mass is 32.2.